The zero-order chi connectivity index (χ0) is 25.6. The van der Waals surface area contributed by atoms with Crippen LogP contribution in [0, 0.1) is 0 Å². The summed E-state index contributed by atoms with van der Waals surface area (Å²) >= 11 is 0. The van der Waals surface area contributed by atoms with Gasteiger partial charge in [0.05, 0.1) is 22.2 Å². The van der Waals surface area contributed by atoms with Gasteiger partial charge in [0.1, 0.15) is 5.71 Å². The Hall–Kier alpha value is -4.55. The monoisotopic (exact) mass is 498 g/mol. The van der Waals surface area contributed by atoms with E-state index in [4.69, 9.17) is 4.74 Å². The fraction of sp³-hybridized carbons (Fsp3) is 0.217. The number of hydrogen-bond acceptors (Lipinski definition) is 7. The molecular weight excluding hydrogens is 481 g/mol. The van der Waals surface area contributed by atoms with Crippen LogP contribution >= 0.6 is 0 Å². The van der Waals surface area contributed by atoms with Gasteiger partial charge in [-0.15, -0.1) is 10.2 Å². The maximum Gasteiger partial charge on any atom is 0.418 e. The number of aromatic nitrogens is 4. The van der Waals surface area contributed by atoms with Gasteiger partial charge in [0, 0.05) is 19.9 Å². The van der Waals surface area contributed by atoms with E-state index in [0.29, 0.717) is 15.9 Å². The van der Waals surface area contributed by atoms with Crippen molar-refractivity contribution < 1.29 is 27.5 Å². The van der Waals surface area contributed by atoms with Gasteiger partial charge in [0.15, 0.2) is 12.4 Å². The van der Waals surface area contributed by atoms with E-state index >= 15 is 0 Å². The van der Waals surface area contributed by atoms with Crippen molar-refractivity contribution in [3.8, 4) is 0 Å². The lowest BCUT2D eigenvalue weighted by Crippen LogP contribution is -2.36. The molecule has 0 saturated carbocycles. The Balaban J connectivity index is 1.44. The number of para-hydroxylation sites is 2. The Morgan fingerprint density at radius 2 is 1.75 bits per heavy atom. The van der Waals surface area contributed by atoms with E-state index in [0.717, 1.165) is 12.1 Å². The van der Waals surface area contributed by atoms with Crippen LogP contribution in [-0.2, 0) is 34.2 Å². The Kier molecular flexibility index (Phi) is 5.54. The molecule has 1 aliphatic rings. The third-order valence-corrected chi connectivity index (χ3v) is 5.73. The zero-order valence-electron chi connectivity index (χ0n) is 18.7. The molecule has 4 aromatic rings. The van der Waals surface area contributed by atoms with Crippen molar-refractivity contribution in [3.05, 3.63) is 70.3 Å². The lowest BCUT2D eigenvalue weighted by molar-refractivity contribution is -0.137. The van der Waals surface area contributed by atoms with Gasteiger partial charge in [-0.25, -0.2) is 4.79 Å². The van der Waals surface area contributed by atoms with Crippen molar-refractivity contribution in [2.75, 3.05) is 5.01 Å². The number of aryl methyl sites for hydroxylation is 1. The molecule has 0 bridgehead atoms. The standard InChI is InChI=1S/C23H17F3N6O4/c1-30-20(34)13-6-2-4-8-16(13)31-18(27-28-22(30)31)12-36-21(35)15-10-11-19(33)32(29-15)17-9-5-3-7-14(17)23(24,25)26/h2-9H,10-12H2,1H3. The number of nitrogens with zero attached hydrogens (tertiary/aromatic N) is 6. The Bertz CT molecular complexity index is 1620. The highest BCUT2D eigenvalue weighted by molar-refractivity contribution is 6.38. The molecule has 13 heteroatoms. The number of fused-ring (bicyclic) bond motifs is 3. The largest absolute Gasteiger partial charge is 0.453 e. The number of benzene rings is 2. The fourth-order valence-corrected chi connectivity index (χ4v) is 3.99. The fourth-order valence-electron chi connectivity index (χ4n) is 3.99. The second-order valence-corrected chi connectivity index (χ2v) is 7.98. The van der Waals surface area contributed by atoms with Crippen LogP contribution in [-0.4, -0.2) is 36.8 Å². The van der Waals surface area contributed by atoms with Gasteiger partial charge in [-0.05, 0) is 24.3 Å². The summed E-state index contributed by atoms with van der Waals surface area (Å²) in [5.41, 5.74) is -1.49. The minimum absolute atomic E-state index is 0.0969. The quantitative estimate of drug-likeness (QED) is 0.400. The van der Waals surface area contributed by atoms with E-state index in [-0.39, 0.29) is 42.3 Å². The Morgan fingerprint density at radius 3 is 2.53 bits per heavy atom. The number of carbonyl (C=O) groups is 2. The number of carbonyl (C=O) groups excluding carboxylic acids is 2. The number of halogens is 3. The van der Waals surface area contributed by atoms with Crippen LogP contribution in [0.25, 0.3) is 16.7 Å². The summed E-state index contributed by atoms with van der Waals surface area (Å²) in [6, 6.07) is 11.3. The summed E-state index contributed by atoms with van der Waals surface area (Å²) in [6.45, 7) is -0.353. The van der Waals surface area contributed by atoms with E-state index in [1.807, 2.05) is 0 Å². The number of rotatable bonds is 4. The number of hydrogen-bond donors (Lipinski definition) is 0. The molecule has 0 atom stereocenters. The first-order valence-electron chi connectivity index (χ1n) is 10.7. The van der Waals surface area contributed by atoms with Gasteiger partial charge in [-0.2, -0.15) is 23.3 Å². The van der Waals surface area contributed by atoms with Gasteiger partial charge < -0.3 is 4.74 Å². The van der Waals surface area contributed by atoms with Gasteiger partial charge in [-0.1, -0.05) is 24.3 Å². The highest BCUT2D eigenvalue weighted by Crippen LogP contribution is 2.37. The van der Waals surface area contributed by atoms with Crippen LogP contribution in [0.1, 0.15) is 24.2 Å². The number of alkyl halides is 3. The zero-order valence-corrected chi connectivity index (χ0v) is 18.7. The predicted molar refractivity (Wildman–Crippen MR) is 121 cm³/mol. The van der Waals surface area contributed by atoms with Gasteiger partial charge in [-0.3, -0.25) is 18.6 Å². The molecular formula is C23H17F3N6O4. The van der Waals surface area contributed by atoms with Crippen molar-refractivity contribution in [2.24, 2.45) is 12.1 Å². The lowest BCUT2D eigenvalue weighted by atomic mass is 10.1. The maximum atomic E-state index is 13.4. The number of hydrazone groups is 1. The minimum Gasteiger partial charge on any atom is -0.453 e. The van der Waals surface area contributed by atoms with E-state index in [1.54, 1.807) is 28.7 Å². The molecule has 0 unspecified atom stereocenters. The van der Waals surface area contributed by atoms with Crippen LogP contribution in [0.3, 0.4) is 0 Å². The van der Waals surface area contributed by atoms with Crippen LogP contribution < -0.4 is 10.6 Å². The Labute approximate surface area is 200 Å². The van der Waals surface area contributed by atoms with Gasteiger partial charge in [0.2, 0.25) is 11.7 Å². The molecule has 0 spiro atoms. The normalized spacial score (nSPS) is 14.4. The highest BCUT2D eigenvalue weighted by atomic mass is 19.4. The molecule has 0 aliphatic carbocycles. The lowest BCUT2D eigenvalue weighted by Gasteiger charge is -2.25. The smallest absolute Gasteiger partial charge is 0.418 e. The van der Waals surface area contributed by atoms with Gasteiger partial charge in [0.25, 0.3) is 5.56 Å². The summed E-state index contributed by atoms with van der Waals surface area (Å²) < 4.78 is 48.5. The molecule has 10 nitrogen and oxygen atoms in total. The van der Waals surface area contributed by atoms with E-state index < -0.39 is 29.3 Å². The first-order chi connectivity index (χ1) is 17.2. The first-order valence-corrected chi connectivity index (χ1v) is 10.7. The molecule has 2 aromatic heterocycles. The molecule has 2 aromatic carbocycles. The molecule has 3 heterocycles. The molecule has 184 valence electrons. The van der Waals surface area contributed by atoms with Crippen LogP contribution in [0.15, 0.2) is 58.4 Å². The molecule has 0 radical (unpaired) electrons. The van der Waals surface area contributed by atoms with E-state index in [9.17, 15) is 27.6 Å². The minimum atomic E-state index is -4.72. The number of esters is 1. The second kappa shape index (κ2) is 8.59. The number of amides is 1. The molecule has 5 rings (SSSR count). The van der Waals surface area contributed by atoms with E-state index in [1.165, 1.54) is 23.7 Å². The molecule has 0 saturated heterocycles. The average molecular weight is 498 g/mol. The molecule has 0 fully saturated rings. The molecule has 0 N–H and O–H groups in total. The average Bonchev–Trinajstić information content (AvgIpc) is 3.30. The summed E-state index contributed by atoms with van der Waals surface area (Å²) in [5, 5.41) is 12.9. The SMILES string of the molecule is Cn1c(=O)c2ccccc2n2c(COC(=O)C3=NN(c4ccccc4C(F)(F)F)C(=O)CC3)nnc12. The van der Waals surface area contributed by atoms with Crippen molar-refractivity contribution in [2.45, 2.75) is 25.6 Å². The molecule has 1 aliphatic heterocycles. The first kappa shape index (κ1) is 23.2. The third-order valence-electron chi connectivity index (χ3n) is 5.73. The van der Waals surface area contributed by atoms with E-state index in [2.05, 4.69) is 15.3 Å². The summed E-state index contributed by atoms with van der Waals surface area (Å²) in [5.74, 6) is -1.14. The molecule has 36 heavy (non-hydrogen) atoms. The summed E-state index contributed by atoms with van der Waals surface area (Å²) in [6.07, 6.45) is -5.04. The highest BCUT2D eigenvalue weighted by Gasteiger charge is 2.37. The van der Waals surface area contributed by atoms with Crippen LogP contribution in [0.5, 0.6) is 0 Å². The third kappa shape index (κ3) is 3.87. The second-order valence-electron chi connectivity index (χ2n) is 7.98. The van der Waals surface area contributed by atoms with Crippen LogP contribution in [0.2, 0.25) is 0 Å². The van der Waals surface area contributed by atoms with Crippen molar-refractivity contribution >= 4 is 40.0 Å². The topological polar surface area (TPSA) is 111 Å². The molecule has 1 amide bonds. The van der Waals surface area contributed by atoms with Gasteiger partial charge >= 0.3 is 12.1 Å². The van der Waals surface area contributed by atoms with Crippen molar-refractivity contribution in [3.63, 3.8) is 0 Å². The van der Waals surface area contributed by atoms with Crippen molar-refractivity contribution in [1.29, 1.82) is 0 Å². The number of anilines is 1. The predicted octanol–water partition coefficient (Wildman–Crippen LogP) is 2.83. The Morgan fingerprint density at radius 1 is 1.03 bits per heavy atom. The summed E-state index contributed by atoms with van der Waals surface area (Å²) in [7, 11) is 1.54. The van der Waals surface area contributed by atoms with Crippen LogP contribution in [0.4, 0.5) is 18.9 Å². The summed E-state index contributed by atoms with van der Waals surface area (Å²) in [4.78, 5) is 37.7. The number of ether oxygens (including phenoxy) is 1. The van der Waals surface area contributed by atoms with Crippen molar-refractivity contribution in [1.82, 2.24) is 19.2 Å². The maximum absolute atomic E-state index is 13.4.